The van der Waals surface area contributed by atoms with Crippen molar-refractivity contribution < 1.29 is 26.3 Å². The summed E-state index contributed by atoms with van der Waals surface area (Å²) in [5.74, 6) is 0. The molecule has 1 aliphatic rings. The van der Waals surface area contributed by atoms with E-state index in [-0.39, 0.29) is 41.3 Å². The Hall–Kier alpha value is -3.06. The SMILES string of the molecule is N[C@H](c1nn(Cc2ccccc2C(F)(F)F)c2c1CN(c1cn[nH]c(=O)c1Cl)CC2)C(F)(F)F. The molecule has 0 unspecified atom stereocenters. The molecule has 3 aromatic rings. The Labute approximate surface area is 193 Å². The summed E-state index contributed by atoms with van der Waals surface area (Å²) in [6.45, 7) is -0.318. The predicted octanol–water partition coefficient (Wildman–Crippen LogP) is 3.81. The van der Waals surface area contributed by atoms with Gasteiger partial charge in [0, 0.05) is 30.8 Å². The van der Waals surface area contributed by atoms with Crippen molar-refractivity contribution in [3.8, 4) is 0 Å². The Bertz CT molecular complexity index is 1270. The smallest absolute Gasteiger partial charge is 0.364 e. The van der Waals surface area contributed by atoms with Gasteiger partial charge < -0.3 is 10.6 Å². The molecule has 182 valence electrons. The number of hydrogen-bond acceptors (Lipinski definition) is 5. The van der Waals surface area contributed by atoms with Crippen LogP contribution in [0.15, 0.2) is 35.3 Å². The monoisotopic (exact) mass is 506 g/mol. The van der Waals surface area contributed by atoms with Gasteiger partial charge in [0.2, 0.25) is 0 Å². The number of benzene rings is 1. The predicted molar refractivity (Wildman–Crippen MR) is 110 cm³/mol. The van der Waals surface area contributed by atoms with Gasteiger partial charge in [-0.15, -0.1) is 0 Å². The molecule has 0 aliphatic carbocycles. The molecule has 0 radical (unpaired) electrons. The largest absolute Gasteiger partial charge is 0.416 e. The lowest BCUT2D eigenvalue weighted by atomic mass is 10.0. The molecule has 34 heavy (non-hydrogen) atoms. The van der Waals surface area contributed by atoms with E-state index in [0.717, 1.165) is 10.7 Å². The molecule has 1 aromatic carbocycles. The second kappa shape index (κ2) is 8.62. The van der Waals surface area contributed by atoms with E-state index in [1.807, 2.05) is 0 Å². The Balaban J connectivity index is 1.78. The summed E-state index contributed by atoms with van der Waals surface area (Å²) in [7, 11) is 0. The third-order valence-corrected chi connectivity index (χ3v) is 5.94. The van der Waals surface area contributed by atoms with Crippen LogP contribution in [0.5, 0.6) is 0 Å². The minimum Gasteiger partial charge on any atom is -0.364 e. The lowest BCUT2D eigenvalue weighted by Gasteiger charge is -2.30. The van der Waals surface area contributed by atoms with Crippen LogP contribution in [0, 0.1) is 0 Å². The molecule has 14 heteroatoms. The first-order chi connectivity index (χ1) is 15.9. The number of nitrogens with zero attached hydrogens (tertiary/aromatic N) is 4. The molecule has 0 amide bonds. The maximum absolute atomic E-state index is 13.5. The first-order valence-electron chi connectivity index (χ1n) is 9.92. The fraction of sp³-hybridized carbons (Fsp3) is 0.350. The van der Waals surface area contributed by atoms with Crippen molar-refractivity contribution in [1.29, 1.82) is 0 Å². The fourth-order valence-electron chi connectivity index (χ4n) is 3.95. The number of H-pyrrole nitrogens is 1. The lowest BCUT2D eigenvalue weighted by molar-refractivity contribution is -0.150. The Kier molecular flexibility index (Phi) is 6.10. The third-order valence-electron chi connectivity index (χ3n) is 5.57. The van der Waals surface area contributed by atoms with Crippen LogP contribution in [-0.4, -0.2) is 32.7 Å². The summed E-state index contributed by atoms with van der Waals surface area (Å²) in [5, 5.41) is 9.64. The van der Waals surface area contributed by atoms with E-state index in [1.165, 1.54) is 24.4 Å². The van der Waals surface area contributed by atoms with E-state index in [0.29, 0.717) is 5.69 Å². The average molecular weight is 507 g/mol. The first-order valence-corrected chi connectivity index (χ1v) is 10.3. The molecule has 2 aromatic heterocycles. The van der Waals surface area contributed by atoms with E-state index in [1.54, 1.807) is 4.90 Å². The van der Waals surface area contributed by atoms with Crippen molar-refractivity contribution in [3.63, 3.8) is 0 Å². The van der Waals surface area contributed by atoms with E-state index < -0.39 is 41.8 Å². The zero-order valence-corrected chi connectivity index (χ0v) is 18.0. The number of nitrogens with two attached hydrogens (primary N) is 1. The second-order valence-electron chi connectivity index (χ2n) is 7.71. The quantitative estimate of drug-likeness (QED) is 0.525. The van der Waals surface area contributed by atoms with Crippen LogP contribution < -0.4 is 16.2 Å². The Morgan fingerprint density at radius 2 is 1.88 bits per heavy atom. The molecule has 4 rings (SSSR count). The van der Waals surface area contributed by atoms with Crippen LogP contribution in [0.2, 0.25) is 5.02 Å². The van der Waals surface area contributed by atoms with Gasteiger partial charge in [0.15, 0.2) is 0 Å². The zero-order chi connectivity index (χ0) is 24.8. The average Bonchev–Trinajstić information content (AvgIpc) is 3.11. The Morgan fingerprint density at radius 1 is 1.18 bits per heavy atom. The summed E-state index contributed by atoms with van der Waals surface area (Å²) < 4.78 is 81.9. The standard InChI is InChI=1S/C20H17ClF6N6O/c21-15-14(7-29-30-18(15)34)32-6-5-13-11(9-32)16(17(28)20(25,26)27)31-33(13)8-10-3-1-2-4-12(10)19(22,23)24/h1-4,7,17H,5-6,8-9,28H2,(H,30,34)/t17-/m1/s1. The van der Waals surface area contributed by atoms with Gasteiger partial charge in [-0.25, -0.2) is 5.10 Å². The number of nitrogens with one attached hydrogen (secondary N) is 1. The molecule has 3 N–H and O–H groups in total. The molecule has 1 atom stereocenters. The lowest BCUT2D eigenvalue weighted by Crippen LogP contribution is -2.35. The molecule has 0 bridgehead atoms. The van der Waals surface area contributed by atoms with Crippen LogP contribution in [0.3, 0.4) is 0 Å². The van der Waals surface area contributed by atoms with Crippen molar-refractivity contribution in [2.24, 2.45) is 5.73 Å². The van der Waals surface area contributed by atoms with E-state index in [2.05, 4.69) is 15.3 Å². The number of halogens is 7. The number of hydrogen-bond donors (Lipinski definition) is 2. The maximum Gasteiger partial charge on any atom is 0.416 e. The van der Waals surface area contributed by atoms with Crippen LogP contribution in [-0.2, 0) is 25.7 Å². The molecular formula is C20H17ClF6N6O. The van der Waals surface area contributed by atoms with Crippen LogP contribution in [0.4, 0.5) is 32.0 Å². The highest BCUT2D eigenvalue weighted by atomic mass is 35.5. The highest BCUT2D eigenvalue weighted by Gasteiger charge is 2.43. The first kappa shape index (κ1) is 24.1. The second-order valence-corrected chi connectivity index (χ2v) is 8.09. The summed E-state index contributed by atoms with van der Waals surface area (Å²) in [4.78, 5) is 13.4. The number of aromatic nitrogens is 4. The zero-order valence-electron chi connectivity index (χ0n) is 17.2. The summed E-state index contributed by atoms with van der Waals surface area (Å²) in [6.07, 6.45) is -8.08. The molecule has 7 nitrogen and oxygen atoms in total. The number of aromatic amines is 1. The van der Waals surface area contributed by atoms with Gasteiger partial charge in [0.1, 0.15) is 11.1 Å². The molecule has 1 aliphatic heterocycles. The van der Waals surface area contributed by atoms with E-state index in [4.69, 9.17) is 17.3 Å². The fourth-order valence-corrected chi connectivity index (χ4v) is 4.16. The summed E-state index contributed by atoms with van der Waals surface area (Å²) >= 11 is 6.04. The van der Waals surface area contributed by atoms with Gasteiger partial charge in [0.25, 0.3) is 5.56 Å². The van der Waals surface area contributed by atoms with Gasteiger partial charge in [-0.2, -0.15) is 36.5 Å². The molecule has 0 fully saturated rings. The summed E-state index contributed by atoms with van der Waals surface area (Å²) in [6, 6.07) is 2.33. The molecular weight excluding hydrogens is 490 g/mol. The van der Waals surface area contributed by atoms with Gasteiger partial charge >= 0.3 is 12.4 Å². The van der Waals surface area contributed by atoms with Gasteiger partial charge in [0.05, 0.1) is 29.7 Å². The number of anilines is 1. The van der Waals surface area contributed by atoms with Crippen molar-refractivity contribution in [1.82, 2.24) is 20.0 Å². The minimum atomic E-state index is -4.83. The van der Waals surface area contributed by atoms with Crippen molar-refractivity contribution >= 4 is 17.3 Å². The molecule has 0 saturated carbocycles. The minimum absolute atomic E-state index is 0.122. The van der Waals surface area contributed by atoms with Gasteiger partial charge in [-0.3, -0.25) is 9.48 Å². The van der Waals surface area contributed by atoms with Crippen LogP contribution in [0.25, 0.3) is 0 Å². The maximum atomic E-state index is 13.5. The highest BCUT2D eigenvalue weighted by molar-refractivity contribution is 6.33. The topological polar surface area (TPSA) is 92.8 Å². The molecule has 0 spiro atoms. The molecule has 3 heterocycles. The number of alkyl halides is 6. The number of rotatable bonds is 4. The van der Waals surface area contributed by atoms with E-state index >= 15 is 0 Å². The van der Waals surface area contributed by atoms with Gasteiger partial charge in [-0.1, -0.05) is 29.8 Å². The normalized spacial score (nSPS) is 15.4. The van der Waals surface area contributed by atoms with E-state index in [9.17, 15) is 31.1 Å². The van der Waals surface area contributed by atoms with Gasteiger partial charge in [-0.05, 0) is 11.6 Å². The number of fused-ring (bicyclic) bond motifs is 1. The molecule has 0 saturated heterocycles. The van der Waals surface area contributed by atoms with Crippen molar-refractivity contribution in [3.05, 3.63) is 73.9 Å². The third kappa shape index (κ3) is 4.49. The Morgan fingerprint density at radius 3 is 2.56 bits per heavy atom. The van der Waals surface area contributed by atoms with Crippen LogP contribution >= 0.6 is 11.6 Å². The van der Waals surface area contributed by atoms with Crippen LogP contribution in [0.1, 0.15) is 34.1 Å². The summed E-state index contributed by atoms with van der Waals surface area (Å²) in [5.41, 5.74) is 3.90. The van der Waals surface area contributed by atoms with Crippen molar-refractivity contribution in [2.45, 2.75) is 37.9 Å². The van der Waals surface area contributed by atoms with Crippen molar-refractivity contribution in [2.75, 3.05) is 11.4 Å². The highest BCUT2D eigenvalue weighted by Crippen LogP contribution is 2.37.